The first-order valence-electron chi connectivity index (χ1n) is 12.9. The van der Waals surface area contributed by atoms with Crippen LogP contribution in [0.3, 0.4) is 0 Å². The highest BCUT2D eigenvalue weighted by atomic mass is 16.6. The van der Waals surface area contributed by atoms with Gasteiger partial charge >= 0.3 is 6.09 Å². The van der Waals surface area contributed by atoms with Crippen molar-refractivity contribution in [2.24, 2.45) is 5.41 Å². The Bertz CT molecular complexity index is 1360. The Hall–Kier alpha value is -3.55. The van der Waals surface area contributed by atoms with E-state index >= 15 is 0 Å². The summed E-state index contributed by atoms with van der Waals surface area (Å²) in [7, 11) is 1.63. The molecule has 1 amide bonds. The number of carbonyl (C=O) groups excluding carboxylic acids is 1. The van der Waals surface area contributed by atoms with Crippen molar-refractivity contribution in [3.63, 3.8) is 0 Å². The van der Waals surface area contributed by atoms with E-state index in [2.05, 4.69) is 31.3 Å². The summed E-state index contributed by atoms with van der Waals surface area (Å²) in [5.74, 6) is 0.475. The summed E-state index contributed by atoms with van der Waals surface area (Å²) in [4.78, 5) is 31.8. The molecule has 10 nitrogen and oxygen atoms in total. The van der Waals surface area contributed by atoms with Crippen molar-refractivity contribution < 1.29 is 19.0 Å². The molecule has 1 aliphatic carbocycles. The quantitative estimate of drug-likeness (QED) is 0.297. The van der Waals surface area contributed by atoms with Crippen LogP contribution in [0, 0.1) is 12.0 Å². The summed E-state index contributed by atoms with van der Waals surface area (Å²) in [6, 6.07) is 5.57. The highest BCUT2D eigenvalue weighted by Gasteiger charge is 2.52. The van der Waals surface area contributed by atoms with Crippen molar-refractivity contribution in [2.75, 3.05) is 31.8 Å². The van der Waals surface area contributed by atoms with Gasteiger partial charge in [-0.25, -0.2) is 19.6 Å². The predicted octanol–water partition coefficient (Wildman–Crippen LogP) is 5.25. The molecule has 0 radical (unpaired) electrons. The molecule has 2 fully saturated rings. The predicted molar refractivity (Wildman–Crippen MR) is 142 cm³/mol. The van der Waals surface area contributed by atoms with Crippen LogP contribution >= 0.6 is 0 Å². The minimum absolute atomic E-state index is 0.102. The van der Waals surface area contributed by atoms with Crippen molar-refractivity contribution >= 4 is 28.6 Å². The van der Waals surface area contributed by atoms with Crippen LogP contribution in [0.15, 0.2) is 36.9 Å². The van der Waals surface area contributed by atoms with Gasteiger partial charge in [0.05, 0.1) is 61.8 Å². The second kappa shape index (κ2) is 9.97. The number of fused-ring (bicyclic) bond motifs is 1. The molecular formula is C28H34N6O4. The summed E-state index contributed by atoms with van der Waals surface area (Å²) in [6.45, 7) is 15.6. The van der Waals surface area contributed by atoms with Gasteiger partial charge in [0, 0.05) is 13.7 Å². The Morgan fingerprint density at radius 2 is 2.03 bits per heavy atom. The number of aromatic nitrogens is 4. The van der Waals surface area contributed by atoms with E-state index in [1.54, 1.807) is 30.5 Å². The van der Waals surface area contributed by atoms with E-state index in [4.69, 9.17) is 20.8 Å². The molecule has 1 saturated heterocycles. The third-order valence-electron chi connectivity index (χ3n) is 7.70. The van der Waals surface area contributed by atoms with Gasteiger partial charge in [-0.1, -0.05) is 13.0 Å². The second-order valence-corrected chi connectivity index (χ2v) is 11.2. The van der Waals surface area contributed by atoms with E-state index in [1.165, 1.54) is 0 Å². The average molecular weight is 519 g/mol. The van der Waals surface area contributed by atoms with Gasteiger partial charge in [0.1, 0.15) is 11.2 Å². The average Bonchev–Trinajstić information content (AvgIpc) is 3.43. The van der Waals surface area contributed by atoms with Crippen LogP contribution in [0.1, 0.15) is 52.1 Å². The molecule has 3 aromatic rings. The normalized spacial score (nSPS) is 23.7. The minimum Gasteiger partial charge on any atom is -0.441 e. The summed E-state index contributed by atoms with van der Waals surface area (Å²) >= 11 is 0. The standard InChI is InChI=1S/C28H34N6O4/c1-26(2,37-12-11-36-5)23-14-31-24(15-30-23)34-18-28(38-25(34)35)10-6-9-27(3,16-28)17-33-19-32-21-8-7-20(29-4)13-22(21)33/h7-8,13-15,19H,6,9-12,16-18H2,1-3,5H3/t27-,28-/m0/s1. The lowest BCUT2D eigenvalue weighted by atomic mass is 9.68. The highest BCUT2D eigenvalue weighted by molar-refractivity contribution is 5.89. The Morgan fingerprint density at radius 1 is 1.18 bits per heavy atom. The number of hydrogen-bond acceptors (Lipinski definition) is 7. The maximum Gasteiger partial charge on any atom is 0.416 e. The number of hydrogen-bond donors (Lipinski definition) is 0. The van der Waals surface area contributed by atoms with E-state index in [1.807, 2.05) is 32.3 Å². The Morgan fingerprint density at radius 3 is 2.76 bits per heavy atom. The summed E-state index contributed by atoms with van der Waals surface area (Å²) in [6.07, 6.45) is 8.24. The smallest absolute Gasteiger partial charge is 0.416 e. The molecular weight excluding hydrogens is 484 g/mol. The van der Waals surface area contributed by atoms with Crippen LogP contribution in [-0.2, 0) is 26.4 Å². The van der Waals surface area contributed by atoms with Crippen LogP contribution in [0.5, 0.6) is 0 Å². The van der Waals surface area contributed by atoms with Gasteiger partial charge in [-0.2, -0.15) is 0 Å². The lowest BCUT2D eigenvalue weighted by Gasteiger charge is -2.43. The van der Waals surface area contributed by atoms with Gasteiger partial charge in [-0.15, -0.1) is 0 Å². The minimum atomic E-state index is -0.630. The molecule has 1 saturated carbocycles. The molecule has 3 heterocycles. The molecule has 2 atom stereocenters. The van der Waals surface area contributed by atoms with Crippen molar-refractivity contribution in [3.05, 3.63) is 54.0 Å². The lowest BCUT2D eigenvalue weighted by molar-refractivity contribution is -0.0459. The third-order valence-corrected chi connectivity index (χ3v) is 7.70. The van der Waals surface area contributed by atoms with E-state index in [9.17, 15) is 4.79 Å². The molecule has 1 spiro atoms. The van der Waals surface area contributed by atoms with Crippen LogP contribution in [-0.4, -0.2) is 58.1 Å². The molecule has 0 N–H and O–H groups in total. The molecule has 0 unspecified atom stereocenters. The number of imidazole rings is 1. The fourth-order valence-corrected chi connectivity index (χ4v) is 5.83. The topological polar surface area (TPSA) is 96.0 Å². The molecule has 200 valence electrons. The Kier molecular flexibility index (Phi) is 6.84. The fourth-order valence-electron chi connectivity index (χ4n) is 5.83. The third kappa shape index (κ3) is 5.08. The zero-order valence-corrected chi connectivity index (χ0v) is 22.4. The van der Waals surface area contributed by atoms with Gasteiger partial charge in [0.2, 0.25) is 0 Å². The molecule has 10 heteroatoms. The zero-order chi connectivity index (χ0) is 27.0. The SMILES string of the molecule is [C-]#[N+]c1ccc2ncn(C[C@@]3(C)CCC[C@@]4(CN(c5cnc(C(C)(C)OCCOC)cn5)C(=O)O4)C3)c2c1. The number of anilines is 1. The van der Waals surface area contributed by atoms with Crippen molar-refractivity contribution in [3.8, 4) is 0 Å². The molecule has 5 rings (SSSR count). The van der Waals surface area contributed by atoms with E-state index in [-0.39, 0.29) is 11.5 Å². The van der Waals surface area contributed by atoms with Crippen LogP contribution < -0.4 is 4.90 Å². The molecule has 1 aromatic carbocycles. The first-order valence-corrected chi connectivity index (χ1v) is 12.9. The number of benzene rings is 1. The van der Waals surface area contributed by atoms with Crippen molar-refractivity contribution in [2.45, 2.75) is 64.2 Å². The van der Waals surface area contributed by atoms with Crippen LogP contribution in [0.2, 0.25) is 0 Å². The first-order chi connectivity index (χ1) is 18.2. The van der Waals surface area contributed by atoms with Gasteiger partial charge in [0.25, 0.3) is 0 Å². The number of nitrogens with zero attached hydrogens (tertiary/aromatic N) is 6. The number of amides is 1. The maximum atomic E-state index is 13.0. The van der Waals surface area contributed by atoms with Gasteiger partial charge < -0.3 is 18.8 Å². The molecule has 38 heavy (non-hydrogen) atoms. The monoisotopic (exact) mass is 518 g/mol. The molecule has 1 aliphatic heterocycles. The summed E-state index contributed by atoms with van der Waals surface area (Å²) < 4.78 is 19.1. The molecule has 0 bridgehead atoms. The Balaban J connectivity index is 1.31. The van der Waals surface area contributed by atoms with E-state index in [0.717, 1.165) is 43.3 Å². The Labute approximate surface area is 222 Å². The number of methoxy groups -OCH3 is 1. The molecule has 2 aromatic heterocycles. The first kappa shape index (κ1) is 26.1. The number of carbonyl (C=O) groups is 1. The highest BCUT2D eigenvalue weighted by Crippen LogP contribution is 2.47. The van der Waals surface area contributed by atoms with Crippen LogP contribution in [0.4, 0.5) is 16.3 Å². The number of rotatable bonds is 8. The summed E-state index contributed by atoms with van der Waals surface area (Å²) in [5, 5.41) is 0. The second-order valence-electron chi connectivity index (χ2n) is 11.2. The fraction of sp³-hybridized carbons (Fsp3) is 0.536. The van der Waals surface area contributed by atoms with Crippen molar-refractivity contribution in [1.82, 2.24) is 19.5 Å². The maximum absolute atomic E-state index is 13.0. The largest absolute Gasteiger partial charge is 0.441 e. The summed E-state index contributed by atoms with van der Waals surface area (Å²) in [5.41, 5.74) is 1.80. The van der Waals surface area contributed by atoms with Crippen LogP contribution in [0.25, 0.3) is 15.9 Å². The molecule has 2 aliphatic rings. The lowest BCUT2D eigenvalue weighted by Crippen LogP contribution is -2.45. The zero-order valence-electron chi connectivity index (χ0n) is 22.4. The van der Waals surface area contributed by atoms with Gasteiger partial charge in [-0.05, 0) is 57.1 Å². The van der Waals surface area contributed by atoms with E-state index in [0.29, 0.717) is 37.0 Å². The van der Waals surface area contributed by atoms with Gasteiger partial charge in [0.15, 0.2) is 11.5 Å². The van der Waals surface area contributed by atoms with Gasteiger partial charge in [-0.3, -0.25) is 9.88 Å². The number of ether oxygens (including phenoxy) is 3. The van der Waals surface area contributed by atoms with Crippen molar-refractivity contribution in [1.29, 1.82) is 0 Å². The van der Waals surface area contributed by atoms with E-state index < -0.39 is 11.2 Å².